The van der Waals surface area contributed by atoms with E-state index in [2.05, 4.69) is 31.8 Å². The van der Waals surface area contributed by atoms with Crippen LogP contribution in [0, 0.1) is 0 Å². The molecule has 2 amide bonds. The van der Waals surface area contributed by atoms with Gasteiger partial charge in [0.15, 0.2) is 0 Å². The second-order valence-electron chi connectivity index (χ2n) is 7.55. The predicted octanol–water partition coefficient (Wildman–Crippen LogP) is 5.36. The summed E-state index contributed by atoms with van der Waals surface area (Å²) in [7, 11) is 0. The maximum absolute atomic E-state index is 12.7. The van der Waals surface area contributed by atoms with Gasteiger partial charge in [0.25, 0.3) is 11.8 Å². The molecule has 0 heterocycles. The Morgan fingerprint density at radius 3 is 2.53 bits per heavy atom. The zero-order chi connectivity index (χ0) is 25.5. The van der Waals surface area contributed by atoms with Crippen LogP contribution < -0.4 is 15.5 Å². The number of fused-ring (bicyclic) bond motifs is 1. The van der Waals surface area contributed by atoms with Gasteiger partial charge in [-0.05, 0) is 47.2 Å². The van der Waals surface area contributed by atoms with Crippen LogP contribution in [0.25, 0.3) is 10.8 Å². The molecule has 180 valence electrons. The van der Waals surface area contributed by atoms with Crippen LogP contribution in [-0.4, -0.2) is 30.5 Å². The molecule has 0 unspecified atom stereocenters. The molecule has 2 N–H and O–H groups in total. The number of halogens is 2. The van der Waals surface area contributed by atoms with E-state index in [-0.39, 0.29) is 22.9 Å². The molecule has 0 bridgehead atoms. The van der Waals surface area contributed by atoms with E-state index in [1.54, 1.807) is 54.6 Å². The minimum Gasteiger partial charge on any atom is -0.422 e. The lowest BCUT2D eigenvalue weighted by atomic mass is 10.0. The number of amides is 2. The lowest BCUT2D eigenvalue weighted by molar-refractivity contribution is -0.120. The Hall–Kier alpha value is -4.01. The summed E-state index contributed by atoms with van der Waals surface area (Å²) in [6.07, 6.45) is 1.39. The van der Waals surface area contributed by atoms with E-state index < -0.39 is 17.8 Å². The highest BCUT2D eigenvalue weighted by atomic mass is 79.9. The van der Waals surface area contributed by atoms with Gasteiger partial charge in [0.2, 0.25) is 0 Å². The molecule has 0 aliphatic heterocycles. The fourth-order valence-electron chi connectivity index (χ4n) is 3.38. The average Bonchev–Trinajstić information content (AvgIpc) is 2.88. The summed E-state index contributed by atoms with van der Waals surface area (Å²) in [5.41, 5.74) is 3.52. The second-order valence-corrected chi connectivity index (χ2v) is 8.88. The maximum atomic E-state index is 12.7. The largest absolute Gasteiger partial charge is 0.422 e. The molecule has 0 aromatic heterocycles. The molecule has 9 heteroatoms. The Morgan fingerprint density at radius 1 is 0.944 bits per heavy atom. The van der Waals surface area contributed by atoms with Crippen molar-refractivity contribution in [3.8, 4) is 5.75 Å². The monoisotopic (exact) mass is 563 g/mol. The first-order valence-corrected chi connectivity index (χ1v) is 11.9. The van der Waals surface area contributed by atoms with Crippen molar-refractivity contribution >= 4 is 62.3 Å². The first kappa shape index (κ1) is 25.1. The van der Waals surface area contributed by atoms with Gasteiger partial charge in [0.05, 0.1) is 23.3 Å². The van der Waals surface area contributed by atoms with Gasteiger partial charge in [-0.1, -0.05) is 76.1 Å². The molecule has 0 aliphatic carbocycles. The quantitative estimate of drug-likeness (QED) is 0.137. The summed E-state index contributed by atoms with van der Waals surface area (Å²) in [6.45, 7) is -0.271. The highest BCUT2D eigenvalue weighted by Gasteiger charge is 2.16. The van der Waals surface area contributed by atoms with Gasteiger partial charge >= 0.3 is 5.97 Å². The molecule has 4 aromatic carbocycles. The van der Waals surface area contributed by atoms with Gasteiger partial charge in [-0.2, -0.15) is 5.10 Å². The SMILES string of the molecule is O=C(CNC(=O)c1cccc(Br)c1)N/N=C/c1c(OC(=O)c2ccccc2Cl)ccc2ccccc12. The van der Waals surface area contributed by atoms with Crippen LogP contribution in [0.3, 0.4) is 0 Å². The lowest BCUT2D eigenvalue weighted by Crippen LogP contribution is -2.34. The van der Waals surface area contributed by atoms with Crippen molar-refractivity contribution in [2.75, 3.05) is 6.54 Å². The van der Waals surface area contributed by atoms with Crippen LogP contribution in [0.2, 0.25) is 5.02 Å². The summed E-state index contributed by atoms with van der Waals surface area (Å²) in [6, 6.07) is 24.3. The van der Waals surface area contributed by atoms with Crippen LogP contribution in [0.1, 0.15) is 26.3 Å². The number of carbonyl (C=O) groups is 3. The van der Waals surface area contributed by atoms with Gasteiger partial charge in [0, 0.05) is 15.6 Å². The molecule has 4 rings (SSSR count). The summed E-state index contributed by atoms with van der Waals surface area (Å²) in [5, 5.41) is 8.48. The fraction of sp³-hybridized carbons (Fsp3) is 0.0370. The van der Waals surface area contributed by atoms with Gasteiger partial charge in [-0.15, -0.1) is 0 Å². The number of hydrogen-bond donors (Lipinski definition) is 2. The van der Waals surface area contributed by atoms with Crippen molar-refractivity contribution in [1.82, 2.24) is 10.7 Å². The number of nitrogens with one attached hydrogen (secondary N) is 2. The van der Waals surface area contributed by atoms with Crippen molar-refractivity contribution < 1.29 is 19.1 Å². The molecule has 0 fully saturated rings. The van der Waals surface area contributed by atoms with E-state index >= 15 is 0 Å². The molecule has 0 atom stereocenters. The van der Waals surface area contributed by atoms with Gasteiger partial charge < -0.3 is 10.1 Å². The predicted molar refractivity (Wildman–Crippen MR) is 143 cm³/mol. The molecule has 0 aliphatic rings. The molecule has 0 radical (unpaired) electrons. The number of benzene rings is 4. The third-order valence-electron chi connectivity index (χ3n) is 5.11. The maximum Gasteiger partial charge on any atom is 0.345 e. The number of carbonyl (C=O) groups excluding carboxylic acids is 3. The van der Waals surface area contributed by atoms with Crippen molar-refractivity contribution in [2.24, 2.45) is 5.10 Å². The minimum absolute atomic E-state index is 0.227. The van der Waals surface area contributed by atoms with Crippen molar-refractivity contribution in [2.45, 2.75) is 0 Å². The molecular formula is C27H19BrClN3O4. The van der Waals surface area contributed by atoms with Crippen LogP contribution in [0.5, 0.6) is 5.75 Å². The van der Waals surface area contributed by atoms with Crippen molar-refractivity contribution in [3.05, 3.63) is 111 Å². The first-order valence-electron chi connectivity index (χ1n) is 10.8. The van der Waals surface area contributed by atoms with Crippen LogP contribution in [0.4, 0.5) is 0 Å². The van der Waals surface area contributed by atoms with Gasteiger partial charge in [0.1, 0.15) is 5.75 Å². The molecule has 36 heavy (non-hydrogen) atoms. The summed E-state index contributed by atoms with van der Waals surface area (Å²) in [4.78, 5) is 37.2. The Labute approximate surface area is 220 Å². The van der Waals surface area contributed by atoms with Crippen LogP contribution in [-0.2, 0) is 4.79 Å². The lowest BCUT2D eigenvalue weighted by Gasteiger charge is -2.11. The zero-order valence-corrected chi connectivity index (χ0v) is 21.0. The fourth-order valence-corrected chi connectivity index (χ4v) is 3.99. The van der Waals surface area contributed by atoms with Crippen molar-refractivity contribution in [3.63, 3.8) is 0 Å². The standard InChI is InChI=1S/C27H19BrClN3O4/c28-19-8-5-7-18(14-19)26(34)30-16-25(33)32-31-15-22-20-9-2-1-6-17(20)12-13-24(22)36-27(35)21-10-3-4-11-23(21)29/h1-15H,16H2,(H,30,34)(H,32,33)/b31-15+. The molecule has 4 aromatic rings. The normalized spacial score (nSPS) is 10.8. The van der Waals surface area contributed by atoms with Crippen molar-refractivity contribution in [1.29, 1.82) is 0 Å². The van der Waals surface area contributed by atoms with E-state index in [0.29, 0.717) is 11.1 Å². The number of nitrogens with zero attached hydrogens (tertiary/aromatic N) is 1. The Morgan fingerprint density at radius 2 is 1.72 bits per heavy atom. The van der Waals surface area contributed by atoms with Gasteiger partial charge in [-0.3, -0.25) is 9.59 Å². The summed E-state index contributed by atoms with van der Waals surface area (Å²) < 4.78 is 6.38. The summed E-state index contributed by atoms with van der Waals surface area (Å²) in [5.74, 6) is -1.29. The van der Waals surface area contributed by atoms with E-state index in [0.717, 1.165) is 15.2 Å². The third-order valence-corrected chi connectivity index (χ3v) is 5.93. The molecular weight excluding hydrogens is 546 g/mol. The highest BCUT2D eigenvalue weighted by Crippen LogP contribution is 2.28. The van der Waals surface area contributed by atoms with E-state index in [9.17, 15) is 14.4 Å². The van der Waals surface area contributed by atoms with Crippen LogP contribution >= 0.6 is 27.5 Å². The van der Waals surface area contributed by atoms with E-state index in [4.69, 9.17) is 16.3 Å². The number of hydrogen-bond acceptors (Lipinski definition) is 5. The smallest absolute Gasteiger partial charge is 0.345 e. The Bertz CT molecular complexity index is 1490. The Balaban J connectivity index is 1.48. The Kier molecular flexibility index (Phi) is 8.10. The van der Waals surface area contributed by atoms with Gasteiger partial charge in [-0.25, -0.2) is 10.2 Å². The highest BCUT2D eigenvalue weighted by molar-refractivity contribution is 9.10. The molecule has 0 saturated heterocycles. The van der Waals surface area contributed by atoms with E-state index in [1.807, 2.05) is 30.3 Å². The summed E-state index contributed by atoms with van der Waals surface area (Å²) >= 11 is 9.44. The topological polar surface area (TPSA) is 96.9 Å². The molecule has 0 saturated carbocycles. The zero-order valence-electron chi connectivity index (χ0n) is 18.7. The number of rotatable bonds is 7. The number of hydrazone groups is 1. The second kappa shape index (κ2) is 11.6. The van der Waals surface area contributed by atoms with E-state index in [1.165, 1.54) is 6.21 Å². The molecule has 0 spiro atoms. The molecule has 7 nitrogen and oxygen atoms in total. The number of ether oxygens (including phenoxy) is 1. The third kappa shape index (κ3) is 6.16. The number of esters is 1. The van der Waals surface area contributed by atoms with Crippen LogP contribution in [0.15, 0.2) is 94.5 Å². The first-order chi connectivity index (χ1) is 17.4. The average molecular weight is 565 g/mol. The minimum atomic E-state index is -0.621.